The lowest BCUT2D eigenvalue weighted by molar-refractivity contribution is -0.384. The molecule has 0 bridgehead atoms. The van der Waals surface area contributed by atoms with E-state index in [1.807, 2.05) is 27.7 Å². The molecular weight excluding hydrogens is 388 g/mol. The Bertz CT molecular complexity index is 743. The monoisotopic (exact) mass is 422 g/mol. The van der Waals surface area contributed by atoms with Crippen LogP contribution in [0.2, 0.25) is 0 Å². The standard InChI is InChI=1S/C21H34N4O5/c1-7-15(11-8-9-14-22-20(27)30-21(2,3)4)23-18-16(19(26)24(5)6)12-10-13-17(18)25(28)29/h10,12-13,15,23H,7-9,11,14H2,1-6H3,(H,22,27). The van der Waals surface area contributed by atoms with Crippen molar-refractivity contribution in [3.05, 3.63) is 33.9 Å². The number of para-hydroxylation sites is 1. The minimum Gasteiger partial charge on any atom is -0.444 e. The van der Waals surface area contributed by atoms with E-state index in [1.165, 1.54) is 17.0 Å². The van der Waals surface area contributed by atoms with Crippen molar-refractivity contribution in [3.63, 3.8) is 0 Å². The molecule has 9 heteroatoms. The summed E-state index contributed by atoms with van der Waals surface area (Å²) in [6.07, 6.45) is 2.59. The first-order valence-electron chi connectivity index (χ1n) is 10.2. The first-order chi connectivity index (χ1) is 14.0. The lowest BCUT2D eigenvalue weighted by Crippen LogP contribution is -2.33. The molecule has 0 aliphatic rings. The van der Waals surface area contributed by atoms with Gasteiger partial charge in [-0.1, -0.05) is 13.0 Å². The predicted octanol–water partition coefficient (Wildman–Crippen LogP) is 4.18. The molecule has 168 valence electrons. The Labute approximate surface area is 178 Å². The van der Waals surface area contributed by atoms with Gasteiger partial charge in [0.2, 0.25) is 0 Å². The molecule has 1 aromatic carbocycles. The summed E-state index contributed by atoms with van der Waals surface area (Å²) in [6, 6.07) is 4.46. The van der Waals surface area contributed by atoms with Crippen LogP contribution in [0.1, 0.15) is 63.7 Å². The van der Waals surface area contributed by atoms with Crippen molar-refractivity contribution < 1.29 is 19.2 Å². The molecule has 1 rings (SSSR count). The van der Waals surface area contributed by atoms with Crippen LogP contribution in [0, 0.1) is 10.1 Å². The van der Waals surface area contributed by atoms with Gasteiger partial charge in [0.1, 0.15) is 11.3 Å². The molecule has 2 N–H and O–H groups in total. The van der Waals surface area contributed by atoms with E-state index in [4.69, 9.17) is 4.74 Å². The van der Waals surface area contributed by atoms with E-state index >= 15 is 0 Å². The number of nitrogens with one attached hydrogen (secondary N) is 2. The Morgan fingerprint density at radius 2 is 1.90 bits per heavy atom. The quantitative estimate of drug-likeness (QED) is 0.332. The Morgan fingerprint density at radius 1 is 1.23 bits per heavy atom. The van der Waals surface area contributed by atoms with Crippen molar-refractivity contribution in [3.8, 4) is 0 Å². The maximum atomic E-state index is 12.5. The van der Waals surface area contributed by atoms with Gasteiger partial charge in [-0.25, -0.2) is 4.79 Å². The molecule has 0 aliphatic heterocycles. The third-order valence-corrected chi connectivity index (χ3v) is 4.36. The molecule has 1 unspecified atom stereocenters. The fraction of sp³-hybridized carbons (Fsp3) is 0.619. The number of nitro groups is 1. The second-order valence-corrected chi connectivity index (χ2v) is 8.33. The highest BCUT2D eigenvalue weighted by Crippen LogP contribution is 2.30. The number of amides is 2. The van der Waals surface area contributed by atoms with Crippen molar-refractivity contribution in [2.24, 2.45) is 0 Å². The second-order valence-electron chi connectivity index (χ2n) is 8.33. The van der Waals surface area contributed by atoms with Gasteiger partial charge < -0.3 is 20.3 Å². The van der Waals surface area contributed by atoms with Gasteiger partial charge in [-0.15, -0.1) is 0 Å². The first-order valence-corrected chi connectivity index (χ1v) is 10.2. The summed E-state index contributed by atoms with van der Waals surface area (Å²) >= 11 is 0. The smallest absolute Gasteiger partial charge is 0.407 e. The zero-order valence-corrected chi connectivity index (χ0v) is 18.8. The average Bonchev–Trinajstić information content (AvgIpc) is 2.64. The van der Waals surface area contributed by atoms with Crippen LogP contribution in [-0.4, -0.2) is 54.1 Å². The van der Waals surface area contributed by atoms with Gasteiger partial charge in [0.25, 0.3) is 11.6 Å². The molecule has 1 atom stereocenters. The Balaban J connectivity index is 2.73. The van der Waals surface area contributed by atoms with Crippen LogP contribution in [-0.2, 0) is 4.74 Å². The second kappa shape index (κ2) is 11.4. The minimum atomic E-state index is -0.534. The van der Waals surface area contributed by atoms with Crippen LogP contribution in [0.15, 0.2) is 18.2 Å². The van der Waals surface area contributed by atoms with Gasteiger partial charge >= 0.3 is 6.09 Å². The lowest BCUT2D eigenvalue weighted by Gasteiger charge is -2.22. The van der Waals surface area contributed by atoms with Crippen LogP contribution >= 0.6 is 0 Å². The SMILES string of the molecule is CCC(CCCCNC(=O)OC(C)(C)C)Nc1c(C(=O)N(C)C)cccc1[N+](=O)[O-]. The normalized spacial score (nSPS) is 12.1. The van der Waals surface area contributed by atoms with Crippen molar-refractivity contribution >= 4 is 23.4 Å². The Morgan fingerprint density at radius 3 is 2.43 bits per heavy atom. The van der Waals surface area contributed by atoms with Crippen LogP contribution in [0.3, 0.4) is 0 Å². The van der Waals surface area contributed by atoms with Gasteiger partial charge in [-0.3, -0.25) is 14.9 Å². The molecule has 0 spiro atoms. The van der Waals surface area contributed by atoms with Gasteiger partial charge in [0.15, 0.2) is 0 Å². The highest BCUT2D eigenvalue weighted by molar-refractivity contribution is 6.01. The molecule has 0 saturated carbocycles. The van der Waals surface area contributed by atoms with E-state index in [0.717, 1.165) is 25.7 Å². The zero-order valence-electron chi connectivity index (χ0n) is 18.8. The summed E-state index contributed by atoms with van der Waals surface area (Å²) in [7, 11) is 3.22. The zero-order chi connectivity index (χ0) is 22.9. The van der Waals surface area contributed by atoms with Crippen molar-refractivity contribution in [1.82, 2.24) is 10.2 Å². The molecule has 0 fully saturated rings. The molecule has 0 aromatic heterocycles. The number of carbonyl (C=O) groups is 2. The first kappa shape index (κ1) is 25.2. The summed E-state index contributed by atoms with van der Waals surface area (Å²) in [4.78, 5) is 36.6. The van der Waals surface area contributed by atoms with Gasteiger partial charge in [-0.05, 0) is 52.5 Å². The number of nitro benzene ring substituents is 1. The highest BCUT2D eigenvalue weighted by atomic mass is 16.6. The Hall–Kier alpha value is -2.84. The Kier molecular flexibility index (Phi) is 9.55. The van der Waals surface area contributed by atoms with Gasteiger partial charge in [-0.2, -0.15) is 0 Å². The van der Waals surface area contributed by atoms with Crippen molar-refractivity contribution in [2.75, 3.05) is 26.0 Å². The van der Waals surface area contributed by atoms with Crippen LogP contribution in [0.25, 0.3) is 0 Å². The maximum Gasteiger partial charge on any atom is 0.407 e. The number of anilines is 1. The third-order valence-electron chi connectivity index (χ3n) is 4.36. The number of benzene rings is 1. The molecule has 0 heterocycles. The van der Waals surface area contributed by atoms with E-state index in [0.29, 0.717) is 6.54 Å². The molecule has 1 aromatic rings. The summed E-state index contributed by atoms with van der Waals surface area (Å²) in [5.74, 6) is -0.294. The molecule has 9 nitrogen and oxygen atoms in total. The van der Waals surface area contributed by atoms with Crippen LogP contribution < -0.4 is 10.6 Å². The van der Waals surface area contributed by atoms with Crippen molar-refractivity contribution in [2.45, 2.75) is 65.0 Å². The largest absolute Gasteiger partial charge is 0.444 e. The van der Waals surface area contributed by atoms with Crippen molar-refractivity contribution in [1.29, 1.82) is 0 Å². The van der Waals surface area contributed by atoms with E-state index in [9.17, 15) is 19.7 Å². The number of rotatable bonds is 10. The number of nitrogens with zero attached hydrogens (tertiary/aromatic N) is 2. The number of alkyl carbamates (subject to hydrolysis) is 1. The maximum absolute atomic E-state index is 12.5. The van der Waals surface area contributed by atoms with E-state index in [2.05, 4.69) is 10.6 Å². The van der Waals surface area contributed by atoms with Crippen LogP contribution in [0.5, 0.6) is 0 Å². The minimum absolute atomic E-state index is 0.0404. The summed E-state index contributed by atoms with van der Waals surface area (Å²) in [5, 5.41) is 17.4. The lowest BCUT2D eigenvalue weighted by atomic mass is 10.0. The molecule has 30 heavy (non-hydrogen) atoms. The fourth-order valence-corrected chi connectivity index (χ4v) is 2.87. The summed E-state index contributed by atoms with van der Waals surface area (Å²) in [6.45, 7) is 7.90. The number of ether oxygens (including phenoxy) is 1. The summed E-state index contributed by atoms with van der Waals surface area (Å²) < 4.78 is 5.19. The number of hydrogen-bond donors (Lipinski definition) is 2. The van der Waals surface area contributed by atoms with E-state index < -0.39 is 16.6 Å². The topological polar surface area (TPSA) is 114 Å². The van der Waals surface area contributed by atoms with Gasteiger partial charge in [0.05, 0.1) is 10.5 Å². The number of unbranched alkanes of at least 4 members (excludes halogenated alkanes) is 1. The third kappa shape index (κ3) is 8.26. The molecule has 2 amide bonds. The molecule has 0 radical (unpaired) electrons. The fourth-order valence-electron chi connectivity index (χ4n) is 2.87. The number of carbonyl (C=O) groups excluding carboxylic acids is 2. The highest BCUT2D eigenvalue weighted by Gasteiger charge is 2.24. The molecule has 0 saturated heterocycles. The summed E-state index contributed by atoms with van der Waals surface area (Å²) in [5.41, 5.74) is -0.125. The number of hydrogen-bond acceptors (Lipinski definition) is 6. The molecular formula is C21H34N4O5. The van der Waals surface area contributed by atoms with E-state index in [1.54, 1.807) is 20.2 Å². The predicted molar refractivity (Wildman–Crippen MR) is 117 cm³/mol. The van der Waals surface area contributed by atoms with E-state index in [-0.39, 0.29) is 28.9 Å². The van der Waals surface area contributed by atoms with Gasteiger partial charge in [0, 0.05) is 32.7 Å². The molecule has 0 aliphatic carbocycles. The van der Waals surface area contributed by atoms with Crippen LogP contribution in [0.4, 0.5) is 16.2 Å². The average molecular weight is 423 g/mol.